The first-order chi connectivity index (χ1) is 30.5. The smallest absolute Gasteiger partial charge is 0.306 e. The van der Waals surface area contributed by atoms with Crippen molar-refractivity contribution in [2.75, 3.05) is 13.2 Å². The Morgan fingerprint density at radius 2 is 0.629 bits per heavy atom. The van der Waals surface area contributed by atoms with E-state index in [1.807, 2.05) is 0 Å². The van der Waals surface area contributed by atoms with Crippen LogP contribution in [0.5, 0.6) is 0 Å². The number of carbonyl (C=O) groups is 3. The van der Waals surface area contributed by atoms with E-state index >= 15 is 0 Å². The van der Waals surface area contributed by atoms with Gasteiger partial charge in [-0.1, -0.05) is 209 Å². The Morgan fingerprint density at radius 3 is 1.03 bits per heavy atom. The molecule has 0 amide bonds. The molecule has 0 aliphatic heterocycles. The molecule has 0 spiro atoms. The van der Waals surface area contributed by atoms with E-state index in [0.717, 1.165) is 103 Å². The maximum Gasteiger partial charge on any atom is 0.306 e. The highest BCUT2D eigenvalue weighted by Crippen LogP contribution is 2.14. The van der Waals surface area contributed by atoms with Crippen molar-refractivity contribution in [3.63, 3.8) is 0 Å². The van der Waals surface area contributed by atoms with Crippen molar-refractivity contribution in [1.82, 2.24) is 0 Å². The molecule has 6 heteroatoms. The van der Waals surface area contributed by atoms with Crippen molar-refractivity contribution in [3.8, 4) is 0 Å². The summed E-state index contributed by atoms with van der Waals surface area (Å²) >= 11 is 0. The zero-order valence-corrected chi connectivity index (χ0v) is 40.6. The third-order valence-electron chi connectivity index (χ3n) is 10.9. The molecule has 0 heterocycles. The Balaban J connectivity index is 4.43. The summed E-state index contributed by atoms with van der Waals surface area (Å²) in [6.07, 6.45) is 63.1. The summed E-state index contributed by atoms with van der Waals surface area (Å²) in [6.45, 7) is 6.46. The van der Waals surface area contributed by atoms with Crippen LogP contribution in [0.25, 0.3) is 0 Å². The van der Waals surface area contributed by atoms with Crippen molar-refractivity contribution >= 4 is 17.9 Å². The molecule has 0 fully saturated rings. The molecule has 0 rings (SSSR count). The quantitative estimate of drug-likeness (QED) is 0.0262. The first-order valence-electron chi connectivity index (χ1n) is 25.9. The monoisotopic (exact) mass is 865 g/mol. The number of hydrogen-bond donors (Lipinski definition) is 0. The molecule has 0 aromatic heterocycles. The number of rotatable bonds is 46. The third-order valence-corrected chi connectivity index (χ3v) is 10.9. The van der Waals surface area contributed by atoms with E-state index < -0.39 is 6.10 Å². The summed E-state index contributed by atoms with van der Waals surface area (Å²) < 4.78 is 16.8. The van der Waals surface area contributed by atoms with Gasteiger partial charge in [-0.25, -0.2) is 0 Å². The molecule has 0 aliphatic carbocycles. The van der Waals surface area contributed by atoms with E-state index in [9.17, 15) is 14.4 Å². The Labute approximate surface area is 382 Å². The average molecular weight is 865 g/mol. The van der Waals surface area contributed by atoms with Gasteiger partial charge in [0.15, 0.2) is 6.10 Å². The van der Waals surface area contributed by atoms with Crippen molar-refractivity contribution in [1.29, 1.82) is 0 Å². The van der Waals surface area contributed by atoms with Crippen LogP contribution in [-0.2, 0) is 28.6 Å². The Bertz CT molecular complexity index is 1180. The van der Waals surface area contributed by atoms with Gasteiger partial charge in [-0.2, -0.15) is 0 Å². The Hall–Kier alpha value is -3.15. The normalized spacial score (nSPS) is 12.6. The SMILES string of the molecule is CC/C=C\C/C=C\C/C=C\C/C=C\CCCCCC(=O)OC(COC(=O)CCCCCCCCC/C=C\C/C=C\CCCCC)COC(=O)CCCCCCCCCCCCC. The topological polar surface area (TPSA) is 78.9 Å². The van der Waals surface area contributed by atoms with Gasteiger partial charge in [-0.05, 0) is 89.9 Å². The predicted molar refractivity (Wildman–Crippen MR) is 265 cm³/mol. The fourth-order valence-electron chi connectivity index (χ4n) is 7.05. The number of esters is 3. The first-order valence-corrected chi connectivity index (χ1v) is 25.9. The molecule has 0 saturated carbocycles. The summed E-state index contributed by atoms with van der Waals surface area (Å²) in [5, 5.41) is 0. The van der Waals surface area contributed by atoms with Gasteiger partial charge >= 0.3 is 17.9 Å². The van der Waals surface area contributed by atoms with E-state index in [1.165, 1.54) is 103 Å². The summed E-state index contributed by atoms with van der Waals surface area (Å²) in [7, 11) is 0. The molecule has 0 N–H and O–H groups in total. The van der Waals surface area contributed by atoms with Crippen LogP contribution in [0.1, 0.15) is 245 Å². The molecule has 0 aromatic carbocycles. The lowest BCUT2D eigenvalue weighted by Gasteiger charge is -2.18. The molecule has 1 unspecified atom stereocenters. The Kier molecular flexibility index (Phi) is 47.9. The van der Waals surface area contributed by atoms with Gasteiger partial charge in [-0.15, -0.1) is 0 Å². The number of unbranched alkanes of at least 4 members (excludes halogenated alkanes) is 23. The van der Waals surface area contributed by atoms with Crippen LogP contribution in [-0.4, -0.2) is 37.2 Å². The van der Waals surface area contributed by atoms with Crippen LogP contribution >= 0.6 is 0 Å². The minimum absolute atomic E-state index is 0.0896. The van der Waals surface area contributed by atoms with Gasteiger partial charge in [0.2, 0.25) is 0 Å². The van der Waals surface area contributed by atoms with Crippen molar-refractivity contribution in [2.24, 2.45) is 0 Å². The van der Waals surface area contributed by atoms with E-state index in [4.69, 9.17) is 14.2 Å². The van der Waals surface area contributed by atoms with Gasteiger partial charge in [0.1, 0.15) is 13.2 Å². The molecule has 0 bridgehead atoms. The molecule has 356 valence electrons. The molecule has 0 aliphatic rings. The second-order valence-corrected chi connectivity index (χ2v) is 17.1. The number of hydrogen-bond acceptors (Lipinski definition) is 6. The van der Waals surface area contributed by atoms with E-state index in [0.29, 0.717) is 19.3 Å². The summed E-state index contributed by atoms with van der Waals surface area (Å²) in [5.74, 6) is -0.928. The molecule has 62 heavy (non-hydrogen) atoms. The van der Waals surface area contributed by atoms with Gasteiger partial charge in [0.05, 0.1) is 0 Å². The maximum atomic E-state index is 12.8. The number of allylic oxidation sites excluding steroid dienone is 12. The van der Waals surface area contributed by atoms with Crippen molar-refractivity contribution < 1.29 is 28.6 Å². The summed E-state index contributed by atoms with van der Waals surface area (Å²) in [4.78, 5) is 37.9. The van der Waals surface area contributed by atoms with Crippen LogP contribution < -0.4 is 0 Å². The lowest BCUT2D eigenvalue weighted by Crippen LogP contribution is -2.30. The molecule has 0 saturated heterocycles. The van der Waals surface area contributed by atoms with Gasteiger partial charge in [0, 0.05) is 19.3 Å². The lowest BCUT2D eigenvalue weighted by atomic mass is 10.1. The average Bonchev–Trinajstić information content (AvgIpc) is 3.27. The minimum atomic E-state index is -0.793. The molecule has 1 atom stereocenters. The summed E-state index contributed by atoms with van der Waals surface area (Å²) in [5.41, 5.74) is 0. The molecule has 0 radical (unpaired) electrons. The molecular formula is C56H96O6. The minimum Gasteiger partial charge on any atom is -0.462 e. The van der Waals surface area contributed by atoms with Crippen LogP contribution in [0, 0.1) is 0 Å². The van der Waals surface area contributed by atoms with E-state index in [1.54, 1.807) is 0 Å². The van der Waals surface area contributed by atoms with Crippen LogP contribution in [0.2, 0.25) is 0 Å². The predicted octanol–water partition coefficient (Wildman–Crippen LogP) is 17.0. The van der Waals surface area contributed by atoms with E-state index in [2.05, 4.69) is 93.7 Å². The molecule has 6 nitrogen and oxygen atoms in total. The van der Waals surface area contributed by atoms with Crippen molar-refractivity contribution in [3.05, 3.63) is 72.9 Å². The molecular weight excluding hydrogens is 769 g/mol. The zero-order chi connectivity index (χ0) is 45.1. The highest BCUT2D eigenvalue weighted by Gasteiger charge is 2.19. The largest absolute Gasteiger partial charge is 0.462 e. The van der Waals surface area contributed by atoms with Crippen LogP contribution in [0.3, 0.4) is 0 Å². The number of ether oxygens (including phenoxy) is 3. The molecule has 0 aromatic rings. The van der Waals surface area contributed by atoms with Crippen molar-refractivity contribution in [2.45, 2.75) is 252 Å². The highest BCUT2D eigenvalue weighted by atomic mass is 16.6. The van der Waals surface area contributed by atoms with E-state index in [-0.39, 0.29) is 31.1 Å². The van der Waals surface area contributed by atoms with Gasteiger partial charge in [0.25, 0.3) is 0 Å². The first kappa shape index (κ1) is 58.9. The fraction of sp³-hybridized carbons (Fsp3) is 0.732. The van der Waals surface area contributed by atoms with Gasteiger partial charge in [-0.3, -0.25) is 14.4 Å². The van der Waals surface area contributed by atoms with Crippen LogP contribution in [0.15, 0.2) is 72.9 Å². The Morgan fingerprint density at radius 1 is 0.339 bits per heavy atom. The maximum absolute atomic E-state index is 12.8. The zero-order valence-electron chi connectivity index (χ0n) is 40.6. The van der Waals surface area contributed by atoms with Crippen LogP contribution in [0.4, 0.5) is 0 Å². The second-order valence-electron chi connectivity index (χ2n) is 17.1. The second kappa shape index (κ2) is 50.5. The standard InChI is InChI=1S/C56H96O6/c1-4-7-10-13-16-19-22-24-26-28-30-31-34-37-40-43-46-49-55(58)61-52-53(51-60-54(57)48-45-42-39-36-33-21-18-15-12-9-6-3)62-56(59)50-47-44-41-38-35-32-29-27-25-23-20-17-14-11-8-5-2/h8,11,16-17,19-20,24-27,32,35,53H,4-7,9-10,12-15,18,21-23,28-31,33-34,36-52H2,1-3H3/b11-8-,19-16-,20-17-,26-24-,27-25-,35-32-. The highest BCUT2D eigenvalue weighted by molar-refractivity contribution is 5.71. The third kappa shape index (κ3) is 47.9. The number of carbonyl (C=O) groups excluding carboxylic acids is 3. The lowest BCUT2D eigenvalue weighted by molar-refractivity contribution is -0.167. The summed E-state index contributed by atoms with van der Waals surface area (Å²) in [6, 6.07) is 0. The fourth-order valence-corrected chi connectivity index (χ4v) is 7.05. The van der Waals surface area contributed by atoms with Gasteiger partial charge < -0.3 is 14.2 Å².